The number of aliphatic hydroxyl groups excluding tert-OH is 2. The lowest BCUT2D eigenvalue weighted by Gasteiger charge is -2.09. The number of esters is 1. The summed E-state index contributed by atoms with van der Waals surface area (Å²) in [5.41, 5.74) is 5.92. The molecule has 5 nitrogen and oxygen atoms in total. The Kier molecular flexibility index (Phi) is 4.54. The molecule has 0 aliphatic rings. The minimum absolute atomic E-state index is 0.117. The van der Waals surface area contributed by atoms with Crippen molar-refractivity contribution in [1.29, 1.82) is 0 Å². The zero-order valence-corrected chi connectivity index (χ0v) is 9.15. The van der Waals surface area contributed by atoms with Crippen LogP contribution >= 0.6 is 11.6 Å². The topological polar surface area (TPSA) is 92.8 Å². The van der Waals surface area contributed by atoms with Crippen molar-refractivity contribution in [1.82, 2.24) is 0 Å². The van der Waals surface area contributed by atoms with Crippen LogP contribution in [-0.2, 0) is 4.74 Å². The molecule has 4 N–H and O–H groups in total. The summed E-state index contributed by atoms with van der Waals surface area (Å²) in [6, 6.07) is 4.59. The normalized spacial score (nSPS) is 12.2. The van der Waals surface area contributed by atoms with Crippen LogP contribution in [-0.4, -0.2) is 35.5 Å². The predicted molar refractivity (Wildman–Crippen MR) is 59.2 cm³/mol. The van der Waals surface area contributed by atoms with E-state index in [2.05, 4.69) is 0 Å². The van der Waals surface area contributed by atoms with Gasteiger partial charge in [-0.25, -0.2) is 4.79 Å². The van der Waals surface area contributed by atoms with Crippen LogP contribution < -0.4 is 5.73 Å². The minimum Gasteiger partial charge on any atom is -0.459 e. The Hall–Kier alpha value is -1.30. The molecule has 88 valence electrons. The van der Waals surface area contributed by atoms with Gasteiger partial charge in [0.2, 0.25) is 0 Å². The number of carbonyl (C=O) groups excluding carboxylic acids is 1. The number of halogens is 1. The van der Waals surface area contributed by atoms with Gasteiger partial charge in [-0.3, -0.25) is 0 Å². The summed E-state index contributed by atoms with van der Waals surface area (Å²) >= 11 is 5.80. The molecule has 0 spiro atoms. The number of nitrogen functional groups attached to an aromatic ring is 1. The second kappa shape index (κ2) is 5.69. The van der Waals surface area contributed by atoms with Crippen molar-refractivity contribution in [3.8, 4) is 0 Å². The summed E-state index contributed by atoms with van der Waals surface area (Å²) in [6.45, 7) is -0.765. The van der Waals surface area contributed by atoms with Crippen molar-refractivity contribution < 1.29 is 19.7 Å². The summed E-state index contributed by atoms with van der Waals surface area (Å²) in [6.07, 6.45) is -1.09. The molecule has 1 unspecified atom stereocenters. The maximum atomic E-state index is 11.5. The highest BCUT2D eigenvalue weighted by Gasteiger charge is 2.14. The number of hydrogen-bond acceptors (Lipinski definition) is 5. The van der Waals surface area contributed by atoms with Crippen molar-refractivity contribution in [2.24, 2.45) is 0 Å². The molecule has 0 amide bonds. The van der Waals surface area contributed by atoms with E-state index in [1.54, 1.807) is 12.1 Å². The molecule has 1 atom stereocenters. The number of carbonyl (C=O) groups is 1. The lowest BCUT2D eigenvalue weighted by Crippen LogP contribution is -2.22. The first kappa shape index (κ1) is 12.8. The van der Waals surface area contributed by atoms with Crippen molar-refractivity contribution in [2.45, 2.75) is 6.10 Å². The van der Waals surface area contributed by atoms with Gasteiger partial charge in [-0.05, 0) is 12.1 Å². The van der Waals surface area contributed by atoms with Gasteiger partial charge in [0.1, 0.15) is 12.7 Å². The summed E-state index contributed by atoms with van der Waals surface area (Å²) in [4.78, 5) is 11.5. The highest BCUT2D eigenvalue weighted by molar-refractivity contribution is 6.36. The number of anilines is 1. The van der Waals surface area contributed by atoms with Crippen LogP contribution in [0.2, 0.25) is 5.02 Å². The van der Waals surface area contributed by atoms with Crippen molar-refractivity contribution in [3.63, 3.8) is 0 Å². The third kappa shape index (κ3) is 3.10. The number of hydrogen-bond donors (Lipinski definition) is 3. The van der Waals surface area contributed by atoms with E-state index in [-0.39, 0.29) is 22.9 Å². The summed E-state index contributed by atoms with van der Waals surface area (Å²) < 4.78 is 4.73. The van der Waals surface area contributed by atoms with Crippen LogP contribution in [0, 0.1) is 0 Å². The van der Waals surface area contributed by atoms with Crippen LogP contribution in [0.15, 0.2) is 18.2 Å². The zero-order chi connectivity index (χ0) is 12.1. The molecule has 1 aromatic rings. The van der Waals surface area contributed by atoms with Crippen LogP contribution in [0.1, 0.15) is 10.4 Å². The Balaban J connectivity index is 2.70. The molecule has 0 saturated carbocycles. The van der Waals surface area contributed by atoms with Gasteiger partial charge in [0, 0.05) is 0 Å². The molecule has 0 bridgehead atoms. The summed E-state index contributed by atoms with van der Waals surface area (Å²) in [7, 11) is 0. The van der Waals surface area contributed by atoms with E-state index in [0.717, 1.165) is 0 Å². The molecular formula is C10H12ClNO4. The Bertz CT molecular complexity index is 383. The molecule has 0 aliphatic carbocycles. The quantitative estimate of drug-likeness (QED) is 0.529. The first-order chi connectivity index (χ1) is 7.56. The Labute approximate surface area is 97.4 Å². The van der Waals surface area contributed by atoms with E-state index in [4.69, 9.17) is 32.3 Å². The molecule has 0 fully saturated rings. The molecule has 16 heavy (non-hydrogen) atoms. The fraction of sp³-hybridized carbons (Fsp3) is 0.300. The van der Waals surface area contributed by atoms with Crippen molar-refractivity contribution >= 4 is 23.3 Å². The van der Waals surface area contributed by atoms with Gasteiger partial charge in [0.25, 0.3) is 0 Å². The number of benzene rings is 1. The summed E-state index contributed by atoms with van der Waals surface area (Å²) in [5.74, 6) is -0.690. The monoisotopic (exact) mass is 245 g/mol. The van der Waals surface area contributed by atoms with Gasteiger partial charge < -0.3 is 20.7 Å². The lowest BCUT2D eigenvalue weighted by atomic mass is 10.2. The Morgan fingerprint density at radius 2 is 2.25 bits per heavy atom. The van der Waals surface area contributed by atoms with Crippen LogP contribution in [0.25, 0.3) is 0 Å². The maximum absolute atomic E-state index is 11.5. The van der Waals surface area contributed by atoms with Crippen LogP contribution in [0.4, 0.5) is 5.69 Å². The molecule has 0 heterocycles. The van der Waals surface area contributed by atoms with Crippen molar-refractivity contribution in [2.75, 3.05) is 18.9 Å². The number of nitrogens with two attached hydrogens (primary N) is 1. The van der Waals surface area contributed by atoms with Gasteiger partial charge >= 0.3 is 5.97 Å². The van der Waals surface area contributed by atoms with E-state index >= 15 is 0 Å². The average molecular weight is 246 g/mol. The van der Waals surface area contributed by atoms with Crippen LogP contribution in [0.5, 0.6) is 0 Å². The Morgan fingerprint density at radius 1 is 1.56 bits per heavy atom. The standard InChI is InChI=1S/C10H12ClNO4/c11-9-7(2-1-3-8(9)12)10(15)16-5-6(14)4-13/h1-3,6,13-14H,4-5,12H2. The number of rotatable bonds is 4. The average Bonchev–Trinajstić information content (AvgIpc) is 2.29. The fourth-order valence-corrected chi connectivity index (χ4v) is 1.21. The summed E-state index contributed by atoms with van der Waals surface area (Å²) in [5, 5.41) is 17.6. The van der Waals surface area contributed by atoms with E-state index in [1.807, 2.05) is 0 Å². The van der Waals surface area contributed by atoms with Crippen molar-refractivity contribution in [3.05, 3.63) is 28.8 Å². The van der Waals surface area contributed by atoms with Gasteiger partial charge in [-0.2, -0.15) is 0 Å². The van der Waals surface area contributed by atoms with Crippen LogP contribution in [0.3, 0.4) is 0 Å². The van der Waals surface area contributed by atoms with E-state index < -0.39 is 18.7 Å². The Morgan fingerprint density at radius 3 is 2.88 bits per heavy atom. The molecule has 0 saturated heterocycles. The molecular weight excluding hydrogens is 234 g/mol. The molecule has 1 aromatic carbocycles. The minimum atomic E-state index is -1.09. The fourth-order valence-electron chi connectivity index (χ4n) is 1.01. The van der Waals surface area contributed by atoms with E-state index in [0.29, 0.717) is 0 Å². The molecule has 0 radical (unpaired) electrons. The lowest BCUT2D eigenvalue weighted by molar-refractivity contribution is 0.00935. The SMILES string of the molecule is Nc1cccc(C(=O)OCC(O)CO)c1Cl. The molecule has 0 aromatic heterocycles. The van der Waals surface area contributed by atoms with Gasteiger partial charge in [-0.15, -0.1) is 0 Å². The van der Waals surface area contributed by atoms with Gasteiger partial charge in [-0.1, -0.05) is 17.7 Å². The zero-order valence-electron chi connectivity index (χ0n) is 8.39. The first-order valence-electron chi connectivity index (χ1n) is 4.56. The molecule has 1 rings (SSSR count). The number of aliphatic hydroxyl groups is 2. The van der Waals surface area contributed by atoms with Gasteiger partial charge in [0.05, 0.1) is 22.9 Å². The third-order valence-electron chi connectivity index (χ3n) is 1.87. The maximum Gasteiger partial charge on any atom is 0.339 e. The molecule has 0 aliphatic heterocycles. The first-order valence-corrected chi connectivity index (χ1v) is 4.94. The highest BCUT2D eigenvalue weighted by Crippen LogP contribution is 2.23. The number of ether oxygens (including phenoxy) is 1. The predicted octanol–water partition coefficient (Wildman–Crippen LogP) is 0.432. The second-order valence-electron chi connectivity index (χ2n) is 3.14. The van der Waals surface area contributed by atoms with E-state index in [1.165, 1.54) is 6.07 Å². The largest absolute Gasteiger partial charge is 0.459 e. The van der Waals surface area contributed by atoms with E-state index in [9.17, 15) is 4.79 Å². The van der Waals surface area contributed by atoms with Gasteiger partial charge in [0.15, 0.2) is 0 Å². The smallest absolute Gasteiger partial charge is 0.339 e. The third-order valence-corrected chi connectivity index (χ3v) is 2.29. The molecule has 6 heteroatoms. The second-order valence-corrected chi connectivity index (χ2v) is 3.52. The highest BCUT2D eigenvalue weighted by atomic mass is 35.5.